The topological polar surface area (TPSA) is 76.8 Å². The van der Waals surface area contributed by atoms with Gasteiger partial charge in [0.1, 0.15) is 11.6 Å². The van der Waals surface area contributed by atoms with Gasteiger partial charge >= 0.3 is 0 Å². The quantitative estimate of drug-likeness (QED) is 0.775. The van der Waals surface area contributed by atoms with Crippen LogP contribution < -0.4 is 10.5 Å². The lowest BCUT2D eigenvalue weighted by atomic mass is 10.0. The Morgan fingerprint density at radius 2 is 2.05 bits per heavy atom. The van der Waals surface area contributed by atoms with Crippen LogP contribution in [-0.4, -0.2) is 22.3 Å². The predicted octanol–water partition coefficient (Wildman–Crippen LogP) is 2.87. The molecule has 0 atom stereocenters. The number of H-pyrrole nitrogens is 1. The molecule has 6 heteroatoms. The fraction of sp³-hybridized carbons (Fsp3) is 0.0667. The SMILES string of the molecule is COc1cccc(-c2c(N)n[nH]c2-c2cncc(F)c2)c1. The van der Waals surface area contributed by atoms with Gasteiger partial charge in [-0.15, -0.1) is 0 Å². The Hall–Kier alpha value is -2.89. The molecule has 5 nitrogen and oxygen atoms in total. The van der Waals surface area contributed by atoms with Gasteiger partial charge in [0.2, 0.25) is 0 Å². The molecule has 0 aliphatic heterocycles. The smallest absolute Gasteiger partial charge is 0.153 e. The Morgan fingerprint density at radius 3 is 2.81 bits per heavy atom. The number of hydrogen-bond acceptors (Lipinski definition) is 4. The van der Waals surface area contributed by atoms with E-state index in [-0.39, 0.29) is 0 Å². The minimum absolute atomic E-state index is 0.336. The van der Waals surface area contributed by atoms with Gasteiger partial charge in [-0.25, -0.2) is 4.39 Å². The molecule has 0 radical (unpaired) electrons. The molecule has 0 unspecified atom stereocenters. The van der Waals surface area contributed by atoms with E-state index in [1.54, 1.807) is 13.3 Å². The van der Waals surface area contributed by atoms with Crippen molar-refractivity contribution in [1.82, 2.24) is 15.2 Å². The summed E-state index contributed by atoms with van der Waals surface area (Å²) in [4.78, 5) is 3.85. The number of aromatic amines is 1. The molecule has 0 bridgehead atoms. The maximum absolute atomic E-state index is 13.4. The molecule has 0 aliphatic carbocycles. The Kier molecular flexibility index (Phi) is 3.27. The summed E-state index contributed by atoms with van der Waals surface area (Å²) in [5, 5.41) is 6.85. The lowest BCUT2D eigenvalue weighted by Gasteiger charge is -2.06. The molecule has 0 saturated heterocycles. The Bertz CT molecular complexity index is 785. The molecule has 3 N–H and O–H groups in total. The molecule has 3 aromatic rings. The number of nitrogen functional groups attached to an aromatic ring is 1. The van der Waals surface area contributed by atoms with Gasteiger partial charge in [-0.2, -0.15) is 5.10 Å². The first-order valence-corrected chi connectivity index (χ1v) is 6.28. The number of nitrogens with one attached hydrogen (secondary N) is 1. The van der Waals surface area contributed by atoms with Crippen molar-refractivity contribution < 1.29 is 9.13 Å². The molecule has 0 spiro atoms. The molecule has 106 valence electrons. The molecule has 1 aromatic carbocycles. The highest BCUT2D eigenvalue weighted by Crippen LogP contribution is 2.35. The van der Waals surface area contributed by atoms with Gasteiger partial charge in [-0.05, 0) is 23.8 Å². The number of benzene rings is 1. The summed E-state index contributed by atoms with van der Waals surface area (Å²) in [6, 6.07) is 8.80. The monoisotopic (exact) mass is 284 g/mol. The minimum atomic E-state index is -0.419. The molecule has 3 rings (SSSR count). The summed E-state index contributed by atoms with van der Waals surface area (Å²) >= 11 is 0. The van der Waals surface area contributed by atoms with E-state index in [1.807, 2.05) is 24.3 Å². The van der Waals surface area contributed by atoms with Gasteiger partial charge in [-0.1, -0.05) is 12.1 Å². The van der Waals surface area contributed by atoms with Crippen LogP contribution in [0.1, 0.15) is 0 Å². The third-order valence-corrected chi connectivity index (χ3v) is 3.15. The second-order valence-electron chi connectivity index (χ2n) is 4.48. The highest BCUT2D eigenvalue weighted by atomic mass is 19.1. The molecular weight excluding hydrogens is 271 g/mol. The van der Waals surface area contributed by atoms with E-state index < -0.39 is 5.82 Å². The van der Waals surface area contributed by atoms with Crippen molar-refractivity contribution in [3.8, 4) is 28.1 Å². The lowest BCUT2D eigenvalue weighted by molar-refractivity contribution is 0.415. The van der Waals surface area contributed by atoms with E-state index in [4.69, 9.17) is 10.5 Å². The van der Waals surface area contributed by atoms with E-state index in [0.717, 1.165) is 11.8 Å². The van der Waals surface area contributed by atoms with E-state index in [9.17, 15) is 4.39 Å². The van der Waals surface area contributed by atoms with Crippen LogP contribution in [0.25, 0.3) is 22.4 Å². The maximum Gasteiger partial charge on any atom is 0.153 e. The number of halogens is 1. The van der Waals surface area contributed by atoms with E-state index in [2.05, 4.69) is 15.2 Å². The van der Waals surface area contributed by atoms with E-state index in [1.165, 1.54) is 6.07 Å². The Balaban J connectivity index is 2.17. The molecule has 2 heterocycles. The molecule has 2 aromatic heterocycles. The van der Waals surface area contributed by atoms with Crippen molar-refractivity contribution in [2.45, 2.75) is 0 Å². The predicted molar refractivity (Wildman–Crippen MR) is 78.2 cm³/mol. The van der Waals surface area contributed by atoms with Crippen molar-refractivity contribution in [3.63, 3.8) is 0 Å². The standard InChI is InChI=1S/C15H13FN4O/c1-21-12-4-2-3-9(6-12)13-14(19-20-15(13)17)10-5-11(16)8-18-7-10/h2-8H,1H3,(H3,17,19,20). The second-order valence-corrected chi connectivity index (χ2v) is 4.48. The van der Waals surface area contributed by atoms with Crippen LogP contribution in [0.15, 0.2) is 42.7 Å². The van der Waals surface area contributed by atoms with Crippen LogP contribution in [0.4, 0.5) is 10.2 Å². The van der Waals surface area contributed by atoms with Gasteiger partial charge in [0.25, 0.3) is 0 Å². The molecular formula is C15H13FN4O. The van der Waals surface area contributed by atoms with Crippen LogP contribution in [0.3, 0.4) is 0 Å². The number of nitrogens with zero attached hydrogens (tertiary/aromatic N) is 2. The van der Waals surface area contributed by atoms with Crippen molar-refractivity contribution in [1.29, 1.82) is 0 Å². The number of hydrogen-bond donors (Lipinski definition) is 2. The number of anilines is 1. The van der Waals surface area contributed by atoms with Gasteiger partial charge in [0.15, 0.2) is 5.82 Å². The van der Waals surface area contributed by atoms with Crippen molar-refractivity contribution in [3.05, 3.63) is 48.5 Å². The Labute approximate surface area is 120 Å². The number of pyridine rings is 1. The van der Waals surface area contributed by atoms with Crippen LogP contribution in [0.2, 0.25) is 0 Å². The minimum Gasteiger partial charge on any atom is -0.497 e. The highest BCUT2D eigenvalue weighted by molar-refractivity contribution is 5.87. The van der Waals surface area contributed by atoms with Gasteiger partial charge in [0, 0.05) is 11.8 Å². The maximum atomic E-state index is 13.4. The van der Waals surface area contributed by atoms with E-state index >= 15 is 0 Å². The van der Waals surface area contributed by atoms with Crippen LogP contribution in [0.5, 0.6) is 5.75 Å². The normalized spacial score (nSPS) is 10.6. The zero-order valence-electron chi connectivity index (χ0n) is 11.3. The van der Waals surface area contributed by atoms with E-state index in [0.29, 0.717) is 28.4 Å². The van der Waals surface area contributed by atoms with Crippen LogP contribution in [0, 0.1) is 5.82 Å². The van der Waals surface area contributed by atoms with Crippen molar-refractivity contribution in [2.75, 3.05) is 12.8 Å². The fourth-order valence-electron chi connectivity index (χ4n) is 2.18. The molecule has 21 heavy (non-hydrogen) atoms. The molecule has 0 saturated carbocycles. The number of ether oxygens (including phenoxy) is 1. The van der Waals surface area contributed by atoms with Gasteiger partial charge in [-0.3, -0.25) is 10.1 Å². The number of rotatable bonds is 3. The highest BCUT2D eigenvalue weighted by Gasteiger charge is 2.16. The Morgan fingerprint density at radius 1 is 1.19 bits per heavy atom. The number of nitrogens with two attached hydrogens (primary N) is 1. The summed E-state index contributed by atoms with van der Waals surface area (Å²) in [7, 11) is 1.59. The first-order chi connectivity index (χ1) is 10.2. The number of aromatic nitrogens is 3. The summed E-state index contributed by atoms with van der Waals surface area (Å²) in [6.45, 7) is 0. The third-order valence-electron chi connectivity index (χ3n) is 3.15. The molecule has 0 aliphatic rings. The van der Waals surface area contributed by atoms with Gasteiger partial charge < -0.3 is 10.5 Å². The average molecular weight is 284 g/mol. The average Bonchev–Trinajstić information content (AvgIpc) is 2.89. The van der Waals surface area contributed by atoms with Crippen molar-refractivity contribution in [2.24, 2.45) is 0 Å². The molecule has 0 amide bonds. The van der Waals surface area contributed by atoms with Crippen LogP contribution >= 0.6 is 0 Å². The van der Waals surface area contributed by atoms with Gasteiger partial charge in [0.05, 0.1) is 24.6 Å². The summed E-state index contributed by atoms with van der Waals surface area (Å²) in [5.41, 5.74) is 8.67. The number of methoxy groups -OCH3 is 1. The zero-order chi connectivity index (χ0) is 14.8. The van der Waals surface area contributed by atoms with Crippen LogP contribution in [-0.2, 0) is 0 Å². The molecule has 0 fully saturated rings. The fourth-order valence-corrected chi connectivity index (χ4v) is 2.18. The largest absolute Gasteiger partial charge is 0.497 e. The summed E-state index contributed by atoms with van der Waals surface area (Å²) in [6.07, 6.45) is 2.70. The lowest BCUT2D eigenvalue weighted by Crippen LogP contribution is -1.90. The first-order valence-electron chi connectivity index (χ1n) is 6.28. The van der Waals surface area contributed by atoms with Crippen molar-refractivity contribution >= 4 is 5.82 Å². The first kappa shape index (κ1) is 13.1. The summed E-state index contributed by atoms with van der Waals surface area (Å²) < 4.78 is 18.6. The summed E-state index contributed by atoms with van der Waals surface area (Å²) in [5.74, 6) is 0.621. The zero-order valence-corrected chi connectivity index (χ0v) is 11.3. The second kappa shape index (κ2) is 5.24. The third kappa shape index (κ3) is 2.43.